The minimum Gasteiger partial charge on any atom is -0.481 e. The Labute approximate surface area is 187 Å². The first-order chi connectivity index (χ1) is 15.4. The number of benzene rings is 1. The van der Waals surface area contributed by atoms with Crippen LogP contribution in [0.15, 0.2) is 36.5 Å². The van der Waals surface area contributed by atoms with Crippen LogP contribution in [0.3, 0.4) is 0 Å². The summed E-state index contributed by atoms with van der Waals surface area (Å²) in [4.78, 5) is 22.6. The number of hydrogen-bond donors (Lipinski definition) is 0. The van der Waals surface area contributed by atoms with Gasteiger partial charge in [0.15, 0.2) is 0 Å². The van der Waals surface area contributed by atoms with E-state index in [0.29, 0.717) is 17.1 Å². The van der Waals surface area contributed by atoms with Crippen LogP contribution in [-0.2, 0) is 17.6 Å². The molecule has 0 N–H and O–H groups in total. The van der Waals surface area contributed by atoms with Gasteiger partial charge in [0.2, 0.25) is 5.88 Å². The third-order valence-corrected chi connectivity index (χ3v) is 5.79. The van der Waals surface area contributed by atoms with Gasteiger partial charge in [-0.25, -0.2) is 14.2 Å². The predicted octanol–water partition coefficient (Wildman–Crippen LogP) is 5.75. The molecule has 32 heavy (non-hydrogen) atoms. The summed E-state index contributed by atoms with van der Waals surface area (Å²) in [5.74, 6) is -0.171. The smallest absolute Gasteiger partial charge is 0.340 e. The molecule has 2 aromatic heterocycles. The lowest BCUT2D eigenvalue weighted by Gasteiger charge is -2.22. The standard InChI is InChI=1S/C26H27FN2O3/c1-5-32-26(30)23-22(16-9-11-18(27)12-10-16)19-8-6-7-17-13-21(31-4)28-14-20(17)25(19)29-24(23)15(2)3/h9-15H,5-8H2,1-4H3. The third-order valence-electron chi connectivity index (χ3n) is 5.79. The average molecular weight is 435 g/mol. The first-order valence-corrected chi connectivity index (χ1v) is 11.0. The van der Waals surface area contributed by atoms with Crippen molar-refractivity contribution >= 4 is 5.97 Å². The van der Waals surface area contributed by atoms with Crippen LogP contribution in [0.25, 0.3) is 22.4 Å². The lowest BCUT2D eigenvalue weighted by molar-refractivity contribution is 0.0525. The molecule has 4 rings (SSSR count). The van der Waals surface area contributed by atoms with E-state index >= 15 is 0 Å². The van der Waals surface area contributed by atoms with Crippen molar-refractivity contribution in [3.8, 4) is 28.3 Å². The van der Waals surface area contributed by atoms with E-state index in [-0.39, 0.29) is 18.3 Å². The summed E-state index contributed by atoms with van der Waals surface area (Å²) in [5.41, 5.74) is 6.55. The van der Waals surface area contributed by atoms with Crippen molar-refractivity contribution in [3.05, 3.63) is 64.7 Å². The fraction of sp³-hybridized carbons (Fsp3) is 0.346. The Bertz CT molecular complexity index is 1160. The molecule has 3 aromatic rings. The number of aromatic nitrogens is 2. The summed E-state index contributed by atoms with van der Waals surface area (Å²) in [6, 6.07) is 8.23. The molecule has 0 unspecified atom stereocenters. The summed E-state index contributed by atoms with van der Waals surface area (Å²) >= 11 is 0. The minimum absolute atomic E-state index is 0.0168. The van der Waals surface area contributed by atoms with Crippen molar-refractivity contribution in [1.29, 1.82) is 0 Å². The lowest BCUT2D eigenvalue weighted by atomic mass is 9.87. The molecule has 0 saturated carbocycles. The Balaban J connectivity index is 2.09. The van der Waals surface area contributed by atoms with Crippen molar-refractivity contribution in [2.45, 2.75) is 46.0 Å². The molecule has 2 heterocycles. The zero-order valence-electron chi connectivity index (χ0n) is 18.9. The Morgan fingerprint density at radius 1 is 1.19 bits per heavy atom. The molecule has 6 heteroatoms. The molecule has 0 spiro atoms. The van der Waals surface area contributed by atoms with Crippen LogP contribution >= 0.6 is 0 Å². The van der Waals surface area contributed by atoms with Crippen molar-refractivity contribution in [2.24, 2.45) is 0 Å². The number of rotatable bonds is 5. The summed E-state index contributed by atoms with van der Waals surface area (Å²) in [7, 11) is 1.60. The average Bonchev–Trinajstić information content (AvgIpc) is 2.97. The zero-order valence-corrected chi connectivity index (χ0v) is 18.9. The second-order valence-corrected chi connectivity index (χ2v) is 8.19. The number of esters is 1. The highest BCUT2D eigenvalue weighted by Gasteiger charge is 2.30. The van der Waals surface area contributed by atoms with Crippen molar-refractivity contribution < 1.29 is 18.7 Å². The topological polar surface area (TPSA) is 61.3 Å². The van der Waals surface area contributed by atoms with Crippen LogP contribution in [0.2, 0.25) is 0 Å². The predicted molar refractivity (Wildman–Crippen MR) is 121 cm³/mol. The van der Waals surface area contributed by atoms with Crippen LogP contribution in [0.5, 0.6) is 5.88 Å². The van der Waals surface area contributed by atoms with Crippen molar-refractivity contribution in [1.82, 2.24) is 9.97 Å². The minimum atomic E-state index is -0.400. The molecule has 0 atom stereocenters. The third kappa shape index (κ3) is 3.97. The van der Waals surface area contributed by atoms with Gasteiger partial charge in [-0.05, 0) is 60.9 Å². The van der Waals surface area contributed by atoms with E-state index in [9.17, 15) is 9.18 Å². The van der Waals surface area contributed by atoms with E-state index in [0.717, 1.165) is 52.8 Å². The molecule has 166 valence electrons. The van der Waals surface area contributed by atoms with Gasteiger partial charge in [-0.3, -0.25) is 4.98 Å². The monoisotopic (exact) mass is 434 g/mol. The van der Waals surface area contributed by atoms with E-state index < -0.39 is 5.97 Å². The molecule has 1 aliphatic rings. The highest BCUT2D eigenvalue weighted by Crippen LogP contribution is 2.42. The van der Waals surface area contributed by atoms with Crippen molar-refractivity contribution in [2.75, 3.05) is 13.7 Å². The number of hydrogen-bond acceptors (Lipinski definition) is 5. The number of fused-ring (bicyclic) bond motifs is 3. The highest BCUT2D eigenvalue weighted by atomic mass is 19.1. The summed E-state index contributed by atoms with van der Waals surface area (Å²) in [5, 5.41) is 0. The molecule has 0 amide bonds. The van der Waals surface area contributed by atoms with E-state index in [1.165, 1.54) is 12.1 Å². The zero-order chi connectivity index (χ0) is 22.8. The molecule has 0 radical (unpaired) electrons. The lowest BCUT2D eigenvalue weighted by Crippen LogP contribution is -2.16. The van der Waals surface area contributed by atoms with Crippen LogP contribution in [0, 0.1) is 5.82 Å². The molecule has 0 saturated heterocycles. The van der Waals surface area contributed by atoms with Crippen LogP contribution in [-0.4, -0.2) is 29.7 Å². The normalized spacial score (nSPS) is 12.7. The molecule has 0 aliphatic heterocycles. The number of aryl methyl sites for hydroxylation is 1. The largest absolute Gasteiger partial charge is 0.481 e. The number of carbonyl (C=O) groups excluding carboxylic acids is 1. The van der Waals surface area contributed by atoms with Gasteiger partial charge in [0.05, 0.1) is 30.7 Å². The summed E-state index contributed by atoms with van der Waals surface area (Å²) < 4.78 is 24.5. The highest BCUT2D eigenvalue weighted by molar-refractivity contribution is 6.01. The number of halogens is 1. The summed E-state index contributed by atoms with van der Waals surface area (Å²) in [6.45, 7) is 6.07. The van der Waals surface area contributed by atoms with Gasteiger partial charge < -0.3 is 9.47 Å². The maximum absolute atomic E-state index is 13.7. The van der Waals surface area contributed by atoms with E-state index in [1.54, 1.807) is 32.4 Å². The molecule has 0 fully saturated rings. The van der Waals surface area contributed by atoms with Gasteiger partial charge in [-0.2, -0.15) is 0 Å². The molecular weight excluding hydrogens is 407 g/mol. The van der Waals surface area contributed by atoms with Crippen LogP contribution in [0.1, 0.15) is 60.3 Å². The van der Waals surface area contributed by atoms with Gasteiger partial charge in [0.1, 0.15) is 5.82 Å². The van der Waals surface area contributed by atoms with Crippen molar-refractivity contribution in [3.63, 3.8) is 0 Å². The number of ether oxygens (including phenoxy) is 2. The summed E-state index contributed by atoms with van der Waals surface area (Å²) in [6.07, 6.45) is 4.26. The van der Waals surface area contributed by atoms with Crippen LogP contribution in [0.4, 0.5) is 4.39 Å². The maximum Gasteiger partial charge on any atom is 0.340 e. The Kier molecular flexibility index (Phi) is 6.21. The fourth-order valence-electron chi connectivity index (χ4n) is 4.33. The first-order valence-electron chi connectivity index (χ1n) is 11.0. The number of pyridine rings is 2. The van der Waals surface area contributed by atoms with E-state index in [2.05, 4.69) is 4.98 Å². The Hall–Kier alpha value is -3.28. The SMILES string of the molecule is CCOC(=O)c1c(C(C)C)nc2c(c1-c1ccc(F)cc1)CCCc1cc(OC)ncc1-2. The molecular formula is C26H27FN2O3. The molecule has 0 bridgehead atoms. The second kappa shape index (κ2) is 9.07. The Morgan fingerprint density at radius 3 is 2.59 bits per heavy atom. The van der Waals surface area contributed by atoms with Gasteiger partial charge in [-0.1, -0.05) is 26.0 Å². The van der Waals surface area contributed by atoms with Gasteiger partial charge in [0.25, 0.3) is 0 Å². The number of carbonyl (C=O) groups is 1. The van der Waals surface area contributed by atoms with Crippen LogP contribution < -0.4 is 4.74 Å². The quantitative estimate of drug-likeness (QED) is 0.479. The molecule has 1 aromatic carbocycles. The van der Waals surface area contributed by atoms with Gasteiger partial charge in [-0.15, -0.1) is 0 Å². The second-order valence-electron chi connectivity index (χ2n) is 8.19. The number of nitrogens with zero attached hydrogens (tertiary/aromatic N) is 2. The first kappa shape index (κ1) is 21.9. The number of methoxy groups -OCH3 is 1. The van der Waals surface area contributed by atoms with E-state index in [1.807, 2.05) is 19.9 Å². The fourth-order valence-corrected chi connectivity index (χ4v) is 4.33. The Morgan fingerprint density at radius 2 is 1.94 bits per heavy atom. The van der Waals surface area contributed by atoms with Gasteiger partial charge >= 0.3 is 5.97 Å². The maximum atomic E-state index is 13.7. The van der Waals surface area contributed by atoms with E-state index in [4.69, 9.17) is 14.5 Å². The molecule has 5 nitrogen and oxygen atoms in total. The molecule has 1 aliphatic carbocycles. The van der Waals surface area contributed by atoms with Gasteiger partial charge in [0, 0.05) is 23.4 Å².